The number of likely N-dealkylation sites (N-methyl/N-ethyl adjacent to an activating group) is 1. The topological polar surface area (TPSA) is 34.9 Å². The van der Waals surface area contributed by atoms with Gasteiger partial charge >= 0.3 is 0 Å². The minimum Gasteiger partial charge on any atom is -0.329 e. The van der Waals surface area contributed by atoms with Gasteiger partial charge in [0.25, 0.3) is 5.56 Å². The van der Waals surface area contributed by atoms with Gasteiger partial charge in [-0.15, -0.1) is 11.3 Å². The lowest BCUT2D eigenvalue weighted by Gasteiger charge is -2.23. The number of fused-ring (bicyclic) bond motifs is 1. The lowest BCUT2D eigenvalue weighted by Crippen LogP contribution is -2.39. The van der Waals surface area contributed by atoms with Crippen LogP contribution in [0.4, 0.5) is 0 Å². The first kappa shape index (κ1) is 13.2. The normalized spacial score (nSPS) is 12.2. The fourth-order valence-corrected chi connectivity index (χ4v) is 2.68. The third-order valence-corrected chi connectivity index (χ3v) is 4.12. The van der Waals surface area contributed by atoms with Crippen LogP contribution in [0, 0.1) is 0 Å². The summed E-state index contributed by atoms with van der Waals surface area (Å²) in [5, 5.41) is 0.765. The Morgan fingerprint density at radius 1 is 1.39 bits per heavy atom. The highest BCUT2D eigenvalue weighted by Crippen LogP contribution is 2.20. The molecule has 0 amide bonds. The highest BCUT2D eigenvalue weighted by atomic mass is 32.1. The molecule has 2 aromatic rings. The second kappa shape index (κ2) is 4.82. The van der Waals surface area contributed by atoms with E-state index in [1.165, 1.54) is 4.88 Å². The molecular formula is C13H20N3OS+. The zero-order chi connectivity index (χ0) is 13.3. The Morgan fingerprint density at radius 2 is 2.11 bits per heavy atom. The number of thiophene rings is 1. The van der Waals surface area contributed by atoms with Crippen LogP contribution in [-0.2, 0) is 13.0 Å². The Balaban J connectivity index is 2.35. The summed E-state index contributed by atoms with van der Waals surface area (Å²) >= 11 is 1.62. The molecule has 0 aliphatic rings. The molecule has 0 aliphatic heterocycles. The molecule has 18 heavy (non-hydrogen) atoms. The van der Waals surface area contributed by atoms with Gasteiger partial charge in [0.05, 0.1) is 45.9 Å². The van der Waals surface area contributed by atoms with Crippen molar-refractivity contribution in [1.29, 1.82) is 0 Å². The Hall–Kier alpha value is -1.20. The van der Waals surface area contributed by atoms with Gasteiger partial charge in [-0.3, -0.25) is 9.36 Å². The second-order valence-electron chi connectivity index (χ2n) is 5.54. The average molecular weight is 266 g/mol. The van der Waals surface area contributed by atoms with Crippen molar-refractivity contribution in [3.05, 3.63) is 27.6 Å². The molecule has 0 aromatic carbocycles. The molecule has 2 aromatic heterocycles. The molecule has 2 rings (SSSR count). The SMILES string of the molecule is CCc1cc2c(=O)n(CC[N+](C)(C)C)cnc2s1. The van der Waals surface area contributed by atoms with Crippen molar-refractivity contribution in [2.24, 2.45) is 0 Å². The van der Waals surface area contributed by atoms with Gasteiger partial charge in [0.2, 0.25) is 0 Å². The zero-order valence-electron chi connectivity index (χ0n) is 11.4. The highest BCUT2D eigenvalue weighted by molar-refractivity contribution is 7.18. The third kappa shape index (κ3) is 2.79. The summed E-state index contributed by atoms with van der Waals surface area (Å²) in [6, 6.07) is 1.98. The maximum absolute atomic E-state index is 12.3. The van der Waals surface area contributed by atoms with E-state index >= 15 is 0 Å². The van der Waals surface area contributed by atoms with Crippen LogP contribution < -0.4 is 5.56 Å². The van der Waals surface area contributed by atoms with Gasteiger partial charge in [0.15, 0.2) is 0 Å². The van der Waals surface area contributed by atoms with Crippen LogP contribution in [0.2, 0.25) is 0 Å². The lowest BCUT2D eigenvalue weighted by atomic mass is 10.3. The summed E-state index contributed by atoms with van der Waals surface area (Å²) in [6.45, 7) is 3.72. The number of quaternary nitrogens is 1. The fraction of sp³-hybridized carbons (Fsp3) is 0.538. The van der Waals surface area contributed by atoms with E-state index in [2.05, 4.69) is 33.1 Å². The van der Waals surface area contributed by atoms with E-state index in [0.717, 1.165) is 27.7 Å². The number of aryl methyl sites for hydroxylation is 1. The predicted molar refractivity (Wildman–Crippen MR) is 76.2 cm³/mol. The van der Waals surface area contributed by atoms with Crippen LogP contribution >= 0.6 is 11.3 Å². The average Bonchev–Trinajstić information content (AvgIpc) is 2.71. The summed E-state index contributed by atoms with van der Waals surface area (Å²) in [6.07, 6.45) is 2.63. The van der Waals surface area contributed by atoms with Crippen LogP contribution in [0.1, 0.15) is 11.8 Å². The second-order valence-corrected chi connectivity index (χ2v) is 6.66. The predicted octanol–water partition coefficient (Wildman–Crippen LogP) is 1.73. The van der Waals surface area contributed by atoms with Gasteiger partial charge in [-0.05, 0) is 12.5 Å². The number of hydrogen-bond acceptors (Lipinski definition) is 3. The van der Waals surface area contributed by atoms with E-state index in [4.69, 9.17) is 0 Å². The van der Waals surface area contributed by atoms with E-state index in [1.54, 1.807) is 22.2 Å². The highest BCUT2D eigenvalue weighted by Gasteiger charge is 2.11. The molecule has 2 heterocycles. The molecule has 0 N–H and O–H groups in total. The van der Waals surface area contributed by atoms with Gasteiger partial charge in [-0.1, -0.05) is 6.92 Å². The molecule has 0 fully saturated rings. The number of hydrogen-bond donors (Lipinski definition) is 0. The molecule has 5 heteroatoms. The van der Waals surface area contributed by atoms with E-state index in [-0.39, 0.29) is 5.56 Å². The van der Waals surface area contributed by atoms with Gasteiger partial charge < -0.3 is 4.48 Å². The van der Waals surface area contributed by atoms with Crippen molar-refractivity contribution in [1.82, 2.24) is 9.55 Å². The first-order valence-corrected chi connectivity index (χ1v) is 7.00. The molecular weight excluding hydrogens is 246 g/mol. The molecule has 0 unspecified atom stereocenters. The van der Waals surface area contributed by atoms with Crippen molar-refractivity contribution in [2.45, 2.75) is 19.9 Å². The van der Waals surface area contributed by atoms with Crippen molar-refractivity contribution in [3.63, 3.8) is 0 Å². The minimum absolute atomic E-state index is 0.0874. The Labute approximate surface area is 111 Å². The van der Waals surface area contributed by atoms with E-state index in [0.29, 0.717) is 6.54 Å². The number of rotatable bonds is 4. The van der Waals surface area contributed by atoms with Gasteiger partial charge in [0.1, 0.15) is 4.83 Å². The summed E-state index contributed by atoms with van der Waals surface area (Å²) in [7, 11) is 6.37. The summed E-state index contributed by atoms with van der Waals surface area (Å²) < 4.78 is 2.56. The van der Waals surface area contributed by atoms with Crippen LogP contribution in [0.25, 0.3) is 10.2 Å². The third-order valence-electron chi connectivity index (χ3n) is 2.93. The number of nitrogens with zero attached hydrogens (tertiary/aromatic N) is 3. The fourth-order valence-electron chi connectivity index (χ4n) is 1.75. The largest absolute Gasteiger partial charge is 0.329 e. The number of aromatic nitrogens is 2. The van der Waals surface area contributed by atoms with Gasteiger partial charge in [0, 0.05) is 4.88 Å². The maximum Gasteiger partial charge on any atom is 0.262 e. The maximum atomic E-state index is 12.3. The standard InChI is InChI=1S/C13H20N3OS/c1-5-10-8-11-12(18-10)14-9-15(13(11)17)6-7-16(2,3)4/h8-9H,5-7H2,1-4H3/q+1. The zero-order valence-corrected chi connectivity index (χ0v) is 12.3. The quantitative estimate of drug-likeness (QED) is 0.790. The molecule has 0 bridgehead atoms. The van der Waals surface area contributed by atoms with Crippen molar-refractivity contribution < 1.29 is 4.48 Å². The van der Waals surface area contributed by atoms with Gasteiger partial charge in [-0.25, -0.2) is 4.98 Å². The summed E-state index contributed by atoms with van der Waals surface area (Å²) in [5.74, 6) is 0. The van der Waals surface area contributed by atoms with Crippen LogP contribution in [0.5, 0.6) is 0 Å². The minimum atomic E-state index is 0.0874. The molecule has 0 radical (unpaired) electrons. The lowest BCUT2D eigenvalue weighted by molar-refractivity contribution is -0.871. The van der Waals surface area contributed by atoms with Gasteiger partial charge in [-0.2, -0.15) is 0 Å². The monoisotopic (exact) mass is 266 g/mol. The van der Waals surface area contributed by atoms with E-state index < -0.39 is 0 Å². The molecule has 98 valence electrons. The smallest absolute Gasteiger partial charge is 0.262 e. The van der Waals surface area contributed by atoms with Crippen LogP contribution in [-0.4, -0.2) is 41.7 Å². The molecule has 0 saturated carbocycles. The molecule has 0 spiro atoms. The van der Waals surface area contributed by atoms with E-state index in [9.17, 15) is 4.79 Å². The molecule has 0 aliphatic carbocycles. The Bertz CT molecular complexity index is 607. The first-order valence-electron chi connectivity index (χ1n) is 6.19. The van der Waals surface area contributed by atoms with E-state index in [1.807, 2.05) is 6.07 Å². The molecule has 4 nitrogen and oxygen atoms in total. The van der Waals surface area contributed by atoms with Crippen molar-refractivity contribution in [3.8, 4) is 0 Å². The Morgan fingerprint density at radius 3 is 2.72 bits per heavy atom. The Kier molecular flexibility index (Phi) is 3.54. The summed E-state index contributed by atoms with van der Waals surface area (Å²) in [4.78, 5) is 18.8. The van der Waals surface area contributed by atoms with Crippen LogP contribution in [0.15, 0.2) is 17.2 Å². The molecule has 0 atom stereocenters. The van der Waals surface area contributed by atoms with Crippen LogP contribution in [0.3, 0.4) is 0 Å². The van der Waals surface area contributed by atoms with Crippen molar-refractivity contribution >= 4 is 21.6 Å². The summed E-state index contributed by atoms with van der Waals surface area (Å²) in [5.41, 5.74) is 0.0874. The van der Waals surface area contributed by atoms with Crippen molar-refractivity contribution in [2.75, 3.05) is 27.7 Å². The molecule has 0 saturated heterocycles. The first-order chi connectivity index (χ1) is 8.40.